The van der Waals surface area contributed by atoms with Gasteiger partial charge >= 0.3 is 0 Å². The number of para-hydroxylation sites is 1. The molecular formula is C24H26N2O3S. The molecule has 2 heterocycles. The van der Waals surface area contributed by atoms with E-state index in [2.05, 4.69) is 6.07 Å². The van der Waals surface area contributed by atoms with Crippen LogP contribution in [0.1, 0.15) is 37.0 Å². The van der Waals surface area contributed by atoms with Gasteiger partial charge in [-0.3, -0.25) is 14.7 Å². The summed E-state index contributed by atoms with van der Waals surface area (Å²) in [6.45, 7) is 6.06. The van der Waals surface area contributed by atoms with Gasteiger partial charge in [0.15, 0.2) is 5.17 Å². The van der Waals surface area contributed by atoms with Gasteiger partial charge in [-0.25, -0.2) is 0 Å². The molecular weight excluding hydrogens is 396 g/mol. The number of amidine groups is 1. The maximum Gasteiger partial charge on any atom is 0.271 e. The molecule has 1 fully saturated rings. The van der Waals surface area contributed by atoms with Crippen molar-refractivity contribution in [2.24, 2.45) is 4.99 Å². The fourth-order valence-corrected chi connectivity index (χ4v) is 4.75. The van der Waals surface area contributed by atoms with Gasteiger partial charge in [-0.2, -0.15) is 0 Å². The van der Waals surface area contributed by atoms with Crippen molar-refractivity contribution in [3.05, 3.63) is 64.1 Å². The number of aliphatic hydroxyl groups is 1. The minimum Gasteiger partial charge on any atom is -0.488 e. The number of hydrogen-bond acceptors (Lipinski definition) is 5. The lowest BCUT2D eigenvalue weighted by atomic mass is 10.00. The van der Waals surface area contributed by atoms with Crippen LogP contribution in [0.15, 0.2) is 52.4 Å². The number of aliphatic hydroxyl groups excluding tert-OH is 1. The summed E-state index contributed by atoms with van der Waals surface area (Å²) >= 11 is 1.42. The van der Waals surface area contributed by atoms with E-state index < -0.39 is 0 Å². The summed E-state index contributed by atoms with van der Waals surface area (Å²) in [6, 6.07) is 13.9. The molecule has 30 heavy (non-hydrogen) atoms. The van der Waals surface area contributed by atoms with Gasteiger partial charge in [0.2, 0.25) is 0 Å². The van der Waals surface area contributed by atoms with E-state index in [1.807, 2.05) is 63.2 Å². The summed E-state index contributed by atoms with van der Waals surface area (Å²) in [5, 5.41) is 10.0. The standard InChI is InChI=1S/C24H26N2O3S/c1-15(2)25-24-26(20-7-5-4-6-16(20)3)23(28)22(30-24)13-17-8-11-21-18(12-17)9-10-19(14-27)29-21/h4-8,11-13,15,19,27H,9-10,14H2,1-3H3/b22-13-,25-24-. The summed E-state index contributed by atoms with van der Waals surface area (Å²) in [4.78, 5) is 20.4. The highest BCUT2D eigenvalue weighted by molar-refractivity contribution is 8.19. The van der Waals surface area contributed by atoms with Crippen LogP contribution in [0, 0.1) is 6.92 Å². The smallest absolute Gasteiger partial charge is 0.271 e. The van der Waals surface area contributed by atoms with E-state index in [4.69, 9.17) is 9.73 Å². The Balaban J connectivity index is 1.67. The number of hydrogen-bond donors (Lipinski definition) is 1. The summed E-state index contributed by atoms with van der Waals surface area (Å²) in [7, 11) is 0. The number of ether oxygens (including phenoxy) is 1. The summed E-state index contributed by atoms with van der Waals surface area (Å²) in [6.07, 6.45) is 3.45. The molecule has 156 valence electrons. The van der Waals surface area contributed by atoms with E-state index in [-0.39, 0.29) is 24.7 Å². The second-order valence-corrected chi connectivity index (χ2v) is 8.88. The molecule has 1 saturated heterocycles. The van der Waals surface area contributed by atoms with Crippen LogP contribution in [0.5, 0.6) is 5.75 Å². The molecule has 0 bridgehead atoms. The monoisotopic (exact) mass is 422 g/mol. The summed E-state index contributed by atoms with van der Waals surface area (Å²) in [5.74, 6) is 0.763. The fraction of sp³-hybridized carbons (Fsp3) is 0.333. The lowest BCUT2D eigenvalue weighted by Gasteiger charge is -2.24. The van der Waals surface area contributed by atoms with Crippen LogP contribution in [0.2, 0.25) is 0 Å². The van der Waals surface area contributed by atoms with Crippen LogP contribution < -0.4 is 9.64 Å². The number of rotatable bonds is 4. The molecule has 2 aliphatic rings. The Kier molecular flexibility index (Phi) is 5.97. The molecule has 4 rings (SSSR count). The van der Waals surface area contributed by atoms with Crippen LogP contribution in [0.25, 0.3) is 6.08 Å². The molecule has 1 unspecified atom stereocenters. The first-order valence-electron chi connectivity index (χ1n) is 10.2. The van der Waals surface area contributed by atoms with Gasteiger partial charge in [0.1, 0.15) is 11.9 Å². The van der Waals surface area contributed by atoms with Crippen molar-refractivity contribution >= 4 is 34.6 Å². The number of fused-ring (bicyclic) bond motifs is 1. The molecule has 2 aromatic carbocycles. The molecule has 2 aromatic rings. The van der Waals surface area contributed by atoms with Crippen molar-refractivity contribution in [1.82, 2.24) is 0 Å². The van der Waals surface area contributed by atoms with E-state index in [1.54, 1.807) is 4.90 Å². The number of amides is 1. The number of anilines is 1. The highest BCUT2D eigenvalue weighted by atomic mass is 32.2. The van der Waals surface area contributed by atoms with E-state index in [1.165, 1.54) is 11.8 Å². The lowest BCUT2D eigenvalue weighted by molar-refractivity contribution is -0.113. The second-order valence-electron chi connectivity index (χ2n) is 7.87. The zero-order valence-corrected chi connectivity index (χ0v) is 18.3. The zero-order chi connectivity index (χ0) is 21.3. The van der Waals surface area contributed by atoms with Gasteiger partial charge in [0, 0.05) is 6.04 Å². The summed E-state index contributed by atoms with van der Waals surface area (Å²) < 4.78 is 5.81. The Hall–Kier alpha value is -2.57. The Morgan fingerprint density at radius 2 is 2.10 bits per heavy atom. The average molecular weight is 423 g/mol. The zero-order valence-electron chi connectivity index (χ0n) is 17.5. The molecule has 6 heteroatoms. The minimum absolute atomic E-state index is 0.0308. The molecule has 0 spiro atoms. The van der Waals surface area contributed by atoms with Crippen LogP contribution in [-0.4, -0.2) is 34.9 Å². The largest absolute Gasteiger partial charge is 0.488 e. The molecule has 1 N–H and O–H groups in total. The molecule has 0 saturated carbocycles. The Bertz CT molecular complexity index is 1030. The van der Waals surface area contributed by atoms with Crippen LogP contribution in [0.3, 0.4) is 0 Å². The van der Waals surface area contributed by atoms with E-state index >= 15 is 0 Å². The number of carbonyl (C=O) groups excluding carboxylic acids is 1. The van der Waals surface area contributed by atoms with Gasteiger partial charge < -0.3 is 9.84 Å². The number of benzene rings is 2. The third-order valence-corrected chi connectivity index (χ3v) is 6.13. The van der Waals surface area contributed by atoms with Gasteiger partial charge in [-0.05, 0) is 86.3 Å². The first kappa shape index (κ1) is 20.7. The van der Waals surface area contributed by atoms with Crippen molar-refractivity contribution in [2.45, 2.75) is 45.8 Å². The Morgan fingerprint density at radius 1 is 1.30 bits per heavy atom. The summed E-state index contributed by atoms with van der Waals surface area (Å²) in [5.41, 5.74) is 3.97. The highest BCUT2D eigenvalue weighted by Gasteiger charge is 2.35. The third-order valence-electron chi connectivity index (χ3n) is 5.15. The molecule has 5 nitrogen and oxygen atoms in total. The van der Waals surface area contributed by atoms with Crippen molar-refractivity contribution in [2.75, 3.05) is 11.5 Å². The van der Waals surface area contributed by atoms with Gasteiger partial charge in [0.05, 0.1) is 17.2 Å². The molecule has 0 aromatic heterocycles. The van der Waals surface area contributed by atoms with E-state index in [9.17, 15) is 9.90 Å². The number of aryl methyl sites for hydroxylation is 2. The topological polar surface area (TPSA) is 62.1 Å². The van der Waals surface area contributed by atoms with Gasteiger partial charge in [-0.15, -0.1) is 0 Å². The predicted molar refractivity (Wildman–Crippen MR) is 123 cm³/mol. The predicted octanol–water partition coefficient (Wildman–Crippen LogP) is 4.57. The van der Waals surface area contributed by atoms with Crippen LogP contribution in [0.4, 0.5) is 5.69 Å². The second kappa shape index (κ2) is 8.66. The maximum atomic E-state index is 13.3. The molecule has 0 radical (unpaired) electrons. The van der Waals surface area contributed by atoms with Crippen molar-refractivity contribution in [3.63, 3.8) is 0 Å². The molecule has 1 atom stereocenters. The van der Waals surface area contributed by atoms with Crippen molar-refractivity contribution < 1.29 is 14.6 Å². The molecule has 1 amide bonds. The van der Waals surface area contributed by atoms with E-state index in [0.717, 1.165) is 41.0 Å². The van der Waals surface area contributed by atoms with Crippen LogP contribution in [-0.2, 0) is 11.2 Å². The number of aliphatic imine (C=N–C) groups is 1. The lowest BCUT2D eigenvalue weighted by Crippen LogP contribution is -2.30. The Morgan fingerprint density at radius 3 is 2.83 bits per heavy atom. The van der Waals surface area contributed by atoms with Gasteiger partial charge in [-0.1, -0.05) is 24.3 Å². The van der Waals surface area contributed by atoms with Crippen molar-refractivity contribution in [3.8, 4) is 5.75 Å². The average Bonchev–Trinajstić information content (AvgIpc) is 3.02. The number of thioether (sulfide) groups is 1. The fourth-order valence-electron chi connectivity index (χ4n) is 3.64. The van der Waals surface area contributed by atoms with Crippen molar-refractivity contribution in [1.29, 1.82) is 0 Å². The van der Waals surface area contributed by atoms with E-state index in [0.29, 0.717) is 10.1 Å². The Labute approximate surface area is 181 Å². The molecule has 0 aliphatic carbocycles. The number of carbonyl (C=O) groups is 1. The quantitative estimate of drug-likeness (QED) is 0.734. The SMILES string of the molecule is Cc1ccccc1N1C(=O)/C(=C/c2ccc3c(c2)CCC(CO)O3)S/C1=N\C(C)C. The highest BCUT2D eigenvalue weighted by Crippen LogP contribution is 2.38. The number of nitrogens with zero attached hydrogens (tertiary/aromatic N) is 2. The molecule has 2 aliphatic heterocycles. The minimum atomic E-state index is -0.133. The third kappa shape index (κ3) is 4.16. The van der Waals surface area contributed by atoms with Crippen LogP contribution >= 0.6 is 11.8 Å². The normalized spacial score (nSPS) is 21.4. The van der Waals surface area contributed by atoms with Gasteiger partial charge in [0.25, 0.3) is 5.91 Å². The first-order valence-corrected chi connectivity index (χ1v) is 11.1. The first-order chi connectivity index (χ1) is 14.5. The maximum absolute atomic E-state index is 13.3.